The first kappa shape index (κ1) is 17.6. The Balaban J connectivity index is 1.49. The molecule has 0 bridgehead atoms. The van der Waals surface area contributed by atoms with Crippen LogP contribution in [0.2, 0.25) is 0 Å². The van der Waals surface area contributed by atoms with Crippen molar-refractivity contribution in [3.05, 3.63) is 88.4 Å². The molecule has 6 nitrogen and oxygen atoms in total. The fourth-order valence-electron chi connectivity index (χ4n) is 4.11. The first-order valence-electron chi connectivity index (χ1n) is 9.78. The van der Waals surface area contributed by atoms with E-state index in [9.17, 15) is 9.59 Å². The van der Waals surface area contributed by atoms with Crippen molar-refractivity contribution in [1.82, 2.24) is 15.2 Å². The molecule has 2 aliphatic rings. The molecule has 1 fully saturated rings. The van der Waals surface area contributed by atoms with Crippen molar-refractivity contribution in [1.29, 1.82) is 0 Å². The van der Waals surface area contributed by atoms with Crippen LogP contribution in [-0.2, 0) is 6.54 Å². The number of benzene rings is 2. The van der Waals surface area contributed by atoms with Crippen molar-refractivity contribution in [2.45, 2.75) is 19.4 Å². The number of carbonyl (C=O) groups is 1. The Bertz CT molecular complexity index is 1210. The van der Waals surface area contributed by atoms with Crippen LogP contribution in [0.15, 0.2) is 76.6 Å². The average molecular weight is 384 g/mol. The van der Waals surface area contributed by atoms with E-state index in [0.717, 1.165) is 24.1 Å². The van der Waals surface area contributed by atoms with Crippen LogP contribution in [-0.4, -0.2) is 21.4 Å². The van der Waals surface area contributed by atoms with E-state index in [-0.39, 0.29) is 11.3 Å². The maximum Gasteiger partial charge on any atom is 0.292 e. The molecule has 1 heterocycles. The Morgan fingerprint density at radius 3 is 2.66 bits per heavy atom. The number of amides is 1. The zero-order valence-corrected chi connectivity index (χ0v) is 15.8. The number of hydrazone groups is 1. The Labute approximate surface area is 167 Å². The molecule has 2 aromatic carbocycles. The second kappa shape index (κ2) is 7.13. The molecule has 0 aliphatic heterocycles. The van der Waals surface area contributed by atoms with Crippen LogP contribution in [0.5, 0.6) is 0 Å². The minimum absolute atomic E-state index is 0.209. The number of aromatic nitrogens is 2. The summed E-state index contributed by atoms with van der Waals surface area (Å²) in [7, 11) is 0. The maximum atomic E-state index is 12.9. The molecule has 0 saturated heterocycles. The molecule has 6 heteroatoms. The summed E-state index contributed by atoms with van der Waals surface area (Å²) in [5.41, 5.74) is 4.62. The van der Waals surface area contributed by atoms with Gasteiger partial charge in [-0.15, -0.1) is 0 Å². The van der Waals surface area contributed by atoms with Crippen LogP contribution in [0.3, 0.4) is 0 Å². The second-order valence-corrected chi connectivity index (χ2v) is 7.52. The normalized spacial score (nSPS) is 21.2. The number of hydrogen-bond donors (Lipinski definition) is 1. The van der Waals surface area contributed by atoms with Gasteiger partial charge >= 0.3 is 0 Å². The van der Waals surface area contributed by atoms with Gasteiger partial charge in [-0.2, -0.15) is 10.2 Å². The lowest BCUT2D eigenvalue weighted by Crippen LogP contribution is -2.36. The molecule has 29 heavy (non-hydrogen) atoms. The molecule has 5 rings (SSSR count). The van der Waals surface area contributed by atoms with Gasteiger partial charge in [0.05, 0.1) is 11.9 Å². The van der Waals surface area contributed by atoms with Crippen molar-refractivity contribution < 1.29 is 4.79 Å². The quantitative estimate of drug-likeness (QED) is 0.555. The van der Waals surface area contributed by atoms with Crippen LogP contribution in [0.4, 0.5) is 0 Å². The highest BCUT2D eigenvalue weighted by Gasteiger charge is 2.38. The van der Waals surface area contributed by atoms with E-state index < -0.39 is 5.91 Å². The van der Waals surface area contributed by atoms with Gasteiger partial charge in [-0.25, -0.2) is 10.1 Å². The molecule has 0 radical (unpaired) electrons. The topological polar surface area (TPSA) is 76.3 Å². The molecule has 2 atom stereocenters. The van der Waals surface area contributed by atoms with Crippen molar-refractivity contribution in [3.8, 4) is 0 Å². The average Bonchev–Trinajstić information content (AvgIpc) is 3.11. The summed E-state index contributed by atoms with van der Waals surface area (Å²) >= 11 is 0. The predicted octanol–water partition coefficient (Wildman–Crippen LogP) is 3.13. The Kier molecular flexibility index (Phi) is 4.31. The highest BCUT2D eigenvalue weighted by molar-refractivity contribution is 6.05. The van der Waals surface area contributed by atoms with E-state index in [1.54, 1.807) is 24.3 Å². The number of nitrogens with zero attached hydrogens (tertiary/aromatic N) is 3. The number of nitrogens with one attached hydrogen (secondary N) is 1. The molecule has 1 saturated carbocycles. The number of hydrogen-bond acceptors (Lipinski definition) is 4. The Hall–Kier alpha value is -3.54. The molecule has 2 unspecified atom stereocenters. The smallest absolute Gasteiger partial charge is 0.267 e. The molecule has 144 valence electrons. The third-order valence-electron chi connectivity index (χ3n) is 5.72. The van der Waals surface area contributed by atoms with Gasteiger partial charge in [0.15, 0.2) is 5.69 Å². The zero-order chi connectivity index (χ0) is 19.8. The van der Waals surface area contributed by atoms with Gasteiger partial charge in [-0.1, -0.05) is 60.7 Å². The van der Waals surface area contributed by atoms with Crippen molar-refractivity contribution >= 4 is 22.4 Å². The molecular formula is C23H20N4O2. The van der Waals surface area contributed by atoms with Gasteiger partial charge in [0, 0.05) is 17.0 Å². The summed E-state index contributed by atoms with van der Waals surface area (Å²) < 4.78 is 1.35. The van der Waals surface area contributed by atoms with Gasteiger partial charge < -0.3 is 0 Å². The van der Waals surface area contributed by atoms with E-state index in [0.29, 0.717) is 29.2 Å². The van der Waals surface area contributed by atoms with Crippen LogP contribution in [0, 0.1) is 11.8 Å². The van der Waals surface area contributed by atoms with Crippen LogP contribution < -0.4 is 11.0 Å². The molecule has 1 N–H and O–H groups in total. The zero-order valence-electron chi connectivity index (χ0n) is 15.8. The molecule has 3 aromatic rings. The minimum Gasteiger partial charge on any atom is -0.267 e. The number of rotatable bonds is 4. The van der Waals surface area contributed by atoms with Gasteiger partial charge in [-0.05, 0) is 30.4 Å². The summed E-state index contributed by atoms with van der Waals surface area (Å²) in [5, 5.41) is 9.74. The molecule has 0 spiro atoms. The van der Waals surface area contributed by atoms with Gasteiger partial charge in [-0.3, -0.25) is 9.59 Å². The van der Waals surface area contributed by atoms with E-state index in [1.165, 1.54) is 4.68 Å². The minimum atomic E-state index is -0.398. The molecule has 2 aliphatic carbocycles. The molecule has 1 aromatic heterocycles. The number of fused-ring (bicyclic) bond motifs is 2. The summed E-state index contributed by atoms with van der Waals surface area (Å²) in [6.45, 7) is 0.300. The summed E-state index contributed by atoms with van der Waals surface area (Å²) in [6.07, 6.45) is 6.28. The first-order chi connectivity index (χ1) is 14.2. The van der Waals surface area contributed by atoms with Gasteiger partial charge in [0.2, 0.25) is 0 Å². The highest BCUT2D eigenvalue weighted by atomic mass is 16.2. The van der Waals surface area contributed by atoms with E-state index in [1.807, 2.05) is 30.3 Å². The highest BCUT2D eigenvalue weighted by Crippen LogP contribution is 2.40. The van der Waals surface area contributed by atoms with E-state index in [2.05, 4.69) is 27.8 Å². The predicted molar refractivity (Wildman–Crippen MR) is 112 cm³/mol. The number of carbonyl (C=O) groups excluding carboxylic acids is 1. The summed E-state index contributed by atoms with van der Waals surface area (Å²) in [6, 6.07) is 16.7. The van der Waals surface area contributed by atoms with Gasteiger partial charge in [0.25, 0.3) is 11.5 Å². The third kappa shape index (κ3) is 3.16. The van der Waals surface area contributed by atoms with Crippen LogP contribution >= 0.6 is 0 Å². The SMILES string of the molecule is O=C(N/N=C1\CC2C=CCC12)c1nn(Cc2ccccc2)c(=O)c2ccccc12. The maximum absolute atomic E-state index is 12.9. The van der Waals surface area contributed by atoms with Crippen molar-refractivity contribution in [3.63, 3.8) is 0 Å². The summed E-state index contributed by atoms with van der Waals surface area (Å²) in [5.74, 6) is 0.592. The van der Waals surface area contributed by atoms with Crippen LogP contribution in [0.25, 0.3) is 10.8 Å². The second-order valence-electron chi connectivity index (χ2n) is 7.52. The lowest BCUT2D eigenvalue weighted by Gasteiger charge is -2.31. The van der Waals surface area contributed by atoms with Crippen molar-refractivity contribution in [2.24, 2.45) is 16.9 Å². The summed E-state index contributed by atoms with van der Waals surface area (Å²) in [4.78, 5) is 25.8. The monoisotopic (exact) mass is 384 g/mol. The third-order valence-corrected chi connectivity index (χ3v) is 5.72. The lowest BCUT2D eigenvalue weighted by atomic mass is 9.74. The fraction of sp³-hybridized carbons (Fsp3) is 0.217. The Morgan fingerprint density at radius 1 is 1.10 bits per heavy atom. The van der Waals surface area contributed by atoms with Gasteiger partial charge in [0.1, 0.15) is 0 Å². The Morgan fingerprint density at radius 2 is 1.86 bits per heavy atom. The van der Waals surface area contributed by atoms with Crippen LogP contribution in [0.1, 0.15) is 28.9 Å². The first-order valence-corrected chi connectivity index (χ1v) is 9.78. The van der Waals surface area contributed by atoms with E-state index >= 15 is 0 Å². The standard InChI is InChI=1S/C23H20N4O2/c28-22(25-24-20-13-16-9-6-12-17(16)20)21-18-10-4-5-11-19(18)23(29)27(26-21)14-15-7-2-1-3-8-15/h1-11,16-17H,12-14H2,(H,25,28)/b24-20+. The van der Waals surface area contributed by atoms with E-state index in [4.69, 9.17) is 0 Å². The lowest BCUT2D eigenvalue weighted by molar-refractivity contribution is 0.0948. The number of allylic oxidation sites excluding steroid dienone is 2. The molecular weight excluding hydrogens is 364 g/mol. The largest absolute Gasteiger partial charge is 0.292 e. The van der Waals surface area contributed by atoms with Crippen molar-refractivity contribution in [2.75, 3.05) is 0 Å². The molecule has 1 amide bonds. The fourth-order valence-corrected chi connectivity index (χ4v) is 4.11.